The van der Waals surface area contributed by atoms with Crippen molar-refractivity contribution < 1.29 is 9.90 Å². The van der Waals surface area contributed by atoms with Crippen LogP contribution in [0, 0.1) is 0 Å². The second-order valence-electron chi connectivity index (χ2n) is 4.80. The van der Waals surface area contributed by atoms with Crippen molar-refractivity contribution >= 4 is 5.97 Å². The zero-order valence-corrected chi connectivity index (χ0v) is 11.5. The van der Waals surface area contributed by atoms with Crippen LogP contribution in [0.3, 0.4) is 0 Å². The molecule has 0 spiro atoms. The molecule has 0 heterocycles. The summed E-state index contributed by atoms with van der Waals surface area (Å²) in [6, 6.07) is 18.6. The summed E-state index contributed by atoms with van der Waals surface area (Å²) < 4.78 is 0. The lowest BCUT2D eigenvalue weighted by Gasteiger charge is -2.05. The van der Waals surface area contributed by atoms with Crippen molar-refractivity contribution in [2.45, 2.75) is 19.8 Å². The molecule has 0 aliphatic heterocycles. The van der Waals surface area contributed by atoms with Crippen LogP contribution >= 0.6 is 0 Å². The zero-order valence-electron chi connectivity index (χ0n) is 11.5. The molecule has 2 heteroatoms. The Morgan fingerprint density at radius 1 is 1.05 bits per heavy atom. The van der Waals surface area contributed by atoms with Crippen LogP contribution in [-0.2, 0) is 11.2 Å². The van der Waals surface area contributed by atoms with Crippen LogP contribution in [0.2, 0.25) is 0 Å². The van der Waals surface area contributed by atoms with Gasteiger partial charge in [-0.05, 0) is 36.5 Å². The van der Waals surface area contributed by atoms with Gasteiger partial charge < -0.3 is 5.11 Å². The second-order valence-corrected chi connectivity index (χ2v) is 4.80. The highest BCUT2D eigenvalue weighted by Crippen LogP contribution is 2.20. The molecular weight excluding hydrogens is 248 g/mol. The van der Waals surface area contributed by atoms with E-state index in [1.807, 2.05) is 24.3 Å². The SMILES string of the molecule is CC(=CCCc1cccc(-c2ccccc2)c1)C(=O)O. The summed E-state index contributed by atoms with van der Waals surface area (Å²) in [7, 11) is 0. The van der Waals surface area contributed by atoms with Crippen LogP contribution in [0.15, 0.2) is 66.2 Å². The van der Waals surface area contributed by atoms with Crippen LogP contribution in [0.25, 0.3) is 11.1 Å². The van der Waals surface area contributed by atoms with Crippen molar-refractivity contribution in [1.29, 1.82) is 0 Å². The molecule has 0 unspecified atom stereocenters. The normalized spacial score (nSPS) is 11.3. The van der Waals surface area contributed by atoms with Gasteiger partial charge >= 0.3 is 5.97 Å². The highest BCUT2D eigenvalue weighted by atomic mass is 16.4. The molecule has 2 aromatic rings. The number of aliphatic carboxylic acids is 1. The topological polar surface area (TPSA) is 37.3 Å². The molecule has 2 nitrogen and oxygen atoms in total. The summed E-state index contributed by atoms with van der Waals surface area (Å²) in [5.41, 5.74) is 4.03. The Hall–Kier alpha value is -2.35. The summed E-state index contributed by atoms with van der Waals surface area (Å²) >= 11 is 0. The van der Waals surface area contributed by atoms with Gasteiger partial charge in [0.15, 0.2) is 0 Å². The highest BCUT2D eigenvalue weighted by molar-refractivity contribution is 5.85. The first-order valence-electron chi connectivity index (χ1n) is 6.71. The Morgan fingerprint density at radius 3 is 2.45 bits per heavy atom. The van der Waals surface area contributed by atoms with Gasteiger partial charge in [0.2, 0.25) is 0 Å². The lowest BCUT2D eigenvalue weighted by Crippen LogP contribution is -1.96. The molecule has 0 amide bonds. The van der Waals surface area contributed by atoms with Crippen LogP contribution in [0.1, 0.15) is 18.9 Å². The Bertz CT molecular complexity index is 612. The zero-order chi connectivity index (χ0) is 14.4. The summed E-state index contributed by atoms with van der Waals surface area (Å²) in [5, 5.41) is 8.80. The van der Waals surface area contributed by atoms with Gasteiger partial charge in [-0.15, -0.1) is 0 Å². The Morgan fingerprint density at radius 2 is 1.75 bits per heavy atom. The first-order valence-corrected chi connectivity index (χ1v) is 6.71. The van der Waals surface area contributed by atoms with Gasteiger partial charge in [0, 0.05) is 5.57 Å². The molecule has 20 heavy (non-hydrogen) atoms. The van der Waals surface area contributed by atoms with Crippen molar-refractivity contribution in [3.8, 4) is 11.1 Å². The lowest BCUT2D eigenvalue weighted by molar-refractivity contribution is -0.132. The van der Waals surface area contributed by atoms with E-state index in [4.69, 9.17) is 5.11 Å². The molecule has 0 saturated heterocycles. The fraction of sp³-hybridized carbons (Fsp3) is 0.167. The predicted molar refractivity (Wildman–Crippen MR) is 81.6 cm³/mol. The average Bonchev–Trinajstić information content (AvgIpc) is 2.48. The first kappa shape index (κ1) is 14.1. The molecule has 0 aliphatic rings. The molecule has 1 N–H and O–H groups in total. The molecule has 102 valence electrons. The number of carbonyl (C=O) groups is 1. The Kier molecular flexibility index (Phi) is 4.72. The van der Waals surface area contributed by atoms with E-state index in [2.05, 4.69) is 30.3 Å². The Labute approximate surface area is 119 Å². The van der Waals surface area contributed by atoms with Crippen molar-refractivity contribution in [2.24, 2.45) is 0 Å². The third-order valence-electron chi connectivity index (χ3n) is 3.25. The van der Waals surface area contributed by atoms with E-state index in [0.29, 0.717) is 5.57 Å². The molecule has 2 aromatic carbocycles. The average molecular weight is 266 g/mol. The van der Waals surface area contributed by atoms with E-state index in [-0.39, 0.29) is 0 Å². The summed E-state index contributed by atoms with van der Waals surface area (Å²) in [5.74, 6) is -0.844. The van der Waals surface area contributed by atoms with Crippen LogP contribution < -0.4 is 0 Å². The predicted octanol–water partition coefficient (Wildman–Crippen LogP) is 4.32. The smallest absolute Gasteiger partial charge is 0.330 e. The molecule has 0 fully saturated rings. The maximum Gasteiger partial charge on any atom is 0.330 e. The monoisotopic (exact) mass is 266 g/mol. The summed E-state index contributed by atoms with van der Waals surface area (Å²) in [6.45, 7) is 1.63. The van der Waals surface area contributed by atoms with Crippen molar-refractivity contribution in [2.75, 3.05) is 0 Å². The molecule has 2 rings (SSSR count). The molecule has 0 aliphatic carbocycles. The van der Waals surface area contributed by atoms with Crippen molar-refractivity contribution in [3.63, 3.8) is 0 Å². The number of carboxylic acids is 1. The molecule has 0 aromatic heterocycles. The standard InChI is InChI=1S/C18H18O2/c1-14(18(19)20)7-5-8-15-9-6-12-17(13-15)16-10-3-2-4-11-16/h2-4,6-7,9-13H,5,8H2,1H3,(H,19,20). The number of carboxylic acid groups (broad SMARTS) is 1. The van der Waals surface area contributed by atoms with Gasteiger partial charge in [-0.25, -0.2) is 4.79 Å². The molecule has 0 radical (unpaired) electrons. The van der Waals surface area contributed by atoms with E-state index in [9.17, 15) is 4.79 Å². The number of benzene rings is 2. The number of hydrogen-bond acceptors (Lipinski definition) is 1. The maximum absolute atomic E-state index is 10.7. The Balaban J connectivity index is 2.07. The molecule has 0 saturated carbocycles. The minimum atomic E-state index is -0.844. The molecule has 0 bridgehead atoms. The quantitative estimate of drug-likeness (QED) is 0.818. The van der Waals surface area contributed by atoms with Crippen molar-refractivity contribution in [3.05, 3.63) is 71.8 Å². The number of allylic oxidation sites excluding steroid dienone is 1. The molecular formula is C18H18O2. The van der Waals surface area contributed by atoms with Crippen LogP contribution in [-0.4, -0.2) is 11.1 Å². The number of rotatable bonds is 5. The first-order chi connectivity index (χ1) is 9.66. The lowest BCUT2D eigenvalue weighted by atomic mass is 10.0. The van der Waals surface area contributed by atoms with Gasteiger partial charge in [-0.1, -0.05) is 60.7 Å². The minimum absolute atomic E-state index is 0.407. The van der Waals surface area contributed by atoms with E-state index >= 15 is 0 Å². The minimum Gasteiger partial charge on any atom is -0.478 e. The van der Waals surface area contributed by atoms with Gasteiger partial charge in [0.25, 0.3) is 0 Å². The van der Waals surface area contributed by atoms with E-state index in [1.54, 1.807) is 13.0 Å². The fourth-order valence-electron chi connectivity index (χ4n) is 2.08. The van der Waals surface area contributed by atoms with Crippen molar-refractivity contribution in [1.82, 2.24) is 0 Å². The van der Waals surface area contributed by atoms with Gasteiger partial charge in [0.05, 0.1) is 0 Å². The van der Waals surface area contributed by atoms with Crippen LogP contribution in [0.5, 0.6) is 0 Å². The number of hydrogen-bond donors (Lipinski definition) is 1. The van der Waals surface area contributed by atoms with Crippen LogP contribution in [0.4, 0.5) is 0 Å². The third-order valence-corrected chi connectivity index (χ3v) is 3.25. The largest absolute Gasteiger partial charge is 0.478 e. The highest BCUT2D eigenvalue weighted by Gasteiger charge is 2.00. The summed E-state index contributed by atoms with van der Waals surface area (Å²) in [4.78, 5) is 10.7. The van der Waals surface area contributed by atoms with E-state index in [1.165, 1.54) is 16.7 Å². The number of aryl methyl sites for hydroxylation is 1. The van der Waals surface area contributed by atoms with Gasteiger partial charge in [-0.3, -0.25) is 0 Å². The summed E-state index contributed by atoms with van der Waals surface area (Å²) in [6.07, 6.45) is 3.37. The third kappa shape index (κ3) is 3.82. The fourth-order valence-corrected chi connectivity index (χ4v) is 2.08. The van der Waals surface area contributed by atoms with Gasteiger partial charge in [-0.2, -0.15) is 0 Å². The van der Waals surface area contributed by atoms with E-state index in [0.717, 1.165) is 12.8 Å². The van der Waals surface area contributed by atoms with Gasteiger partial charge in [0.1, 0.15) is 0 Å². The maximum atomic E-state index is 10.7. The second kappa shape index (κ2) is 6.71. The van der Waals surface area contributed by atoms with E-state index < -0.39 is 5.97 Å². The molecule has 0 atom stereocenters.